The van der Waals surface area contributed by atoms with Gasteiger partial charge in [0, 0.05) is 49.4 Å². The summed E-state index contributed by atoms with van der Waals surface area (Å²) in [7, 11) is 0. The minimum Gasteiger partial charge on any atom is -0.306 e. The molecule has 0 saturated heterocycles. The van der Waals surface area contributed by atoms with Crippen LogP contribution in [0.15, 0.2) is 41.3 Å². The van der Waals surface area contributed by atoms with Crippen LogP contribution in [0, 0.1) is 0 Å². The van der Waals surface area contributed by atoms with Crippen LogP contribution >= 0.6 is 11.6 Å². The van der Waals surface area contributed by atoms with E-state index in [4.69, 9.17) is 16.6 Å². The van der Waals surface area contributed by atoms with Crippen molar-refractivity contribution in [3.63, 3.8) is 0 Å². The molecule has 0 amide bonds. The fourth-order valence-electron chi connectivity index (χ4n) is 3.37. The van der Waals surface area contributed by atoms with E-state index in [9.17, 15) is 4.79 Å². The van der Waals surface area contributed by atoms with Crippen molar-refractivity contribution in [1.29, 1.82) is 0 Å². The molecule has 0 bridgehead atoms. The zero-order chi connectivity index (χ0) is 18.1. The molecule has 26 heavy (non-hydrogen) atoms. The molecule has 134 valence electrons. The number of nitrogens with one attached hydrogen (secondary N) is 1. The highest BCUT2D eigenvalue weighted by Crippen LogP contribution is 2.21. The molecule has 1 aliphatic heterocycles. The van der Waals surface area contributed by atoms with Gasteiger partial charge in [0.05, 0.1) is 17.0 Å². The minimum absolute atomic E-state index is 0.0614. The number of halogens is 1. The average molecular weight is 370 g/mol. The van der Waals surface area contributed by atoms with Gasteiger partial charge in [0.25, 0.3) is 5.56 Å². The molecular formula is C19H20ClN5O. The Labute approximate surface area is 156 Å². The van der Waals surface area contributed by atoms with E-state index in [0.29, 0.717) is 17.4 Å². The van der Waals surface area contributed by atoms with Crippen LogP contribution < -0.4 is 5.56 Å². The summed E-state index contributed by atoms with van der Waals surface area (Å²) in [5.74, 6) is 0.600. The van der Waals surface area contributed by atoms with Gasteiger partial charge in [-0.3, -0.25) is 14.4 Å². The van der Waals surface area contributed by atoms with Crippen molar-refractivity contribution in [3.8, 4) is 11.4 Å². The number of aryl methyl sites for hydroxylation is 1. The number of aromatic amines is 1. The Balaban J connectivity index is 1.58. The number of nitrogens with zero attached hydrogens (tertiary/aromatic N) is 4. The van der Waals surface area contributed by atoms with Gasteiger partial charge in [0.2, 0.25) is 0 Å². The first kappa shape index (κ1) is 17.0. The van der Waals surface area contributed by atoms with Gasteiger partial charge in [-0.25, -0.2) is 4.98 Å². The van der Waals surface area contributed by atoms with Crippen LogP contribution in [0.5, 0.6) is 0 Å². The Hall–Kier alpha value is -2.44. The molecule has 0 unspecified atom stereocenters. The quantitative estimate of drug-likeness (QED) is 0.768. The summed E-state index contributed by atoms with van der Waals surface area (Å²) in [6.45, 7) is 5.19. The highest BCUT2D eigenvalue weighted by atomic mass is 35.5. The van der Waals surface area contributed by atoms with Gasteiger partial charge < -0.3 is 4.98 Å². The molecule has 0 aliphatic carbocycles. The van der Waals surface area contributed by atoms with E-state index >= 15 is 0 Å². The fraction of sp³-hybridized carbons (Fsp3) is 0.316. The Bertz CT molecular complexity index is 976. The first-order valence-corrected chi connectivity index (χ1v) is 9.13. The first-order valence-electron chi connectivity index (χ1n) is 8.75. The van der Waals surface area contributed by atoms with Crippen LogP contribution in [0.3, 0.4) is 0 Å². The van der Waals surface area contributed by atoms with Crippen molar-refractivity contribution in [3.05, 3.63) is 68.9 Å². The number of benzene rings is 1. The summed E-state index contributed by atoms with van der Waals surface area (Å²) in [6, 6.07) is 9.37. The molecule has 3 aromatic rings. The van der Waals surface area contributed by atoms with Crippen LogP contribution in [-0.2, 0) is 26.1 Å². The zero-order valence-electron chi connectivity index (χ0n) is 14.6. The maximum atomic E-state index is 12.6. The standard InChI is InChI=1S/C19H20ClN5O/c1-2-25-15(7-9-21-25)11-24-10-8-17-16(12-24)19(26)23-18(22-17)13-3-5-14(20)6-4-13/h3-7,9H,2,8,10-12H2,1H3,(H,22,23,26). The lowest BCUT2D eigenvalue weighted by atomic mass is 10.1. The summed E-state index contributed by atoms with van der Waals surface area (Å²) >= 11 is 5.94. The van der Waals surface area contributed by atoms with Crippen molar-refractivity contribution < 1.29 is 0 Å². The Kier molecular flexibility index (Phi) is 4.61. The summed E-state index contributed by atoms with van der Waals surface area (Å²) in [5, 5.41) is 4.98. The lowest BCUT2D eigenvalue weighted by molar-refractivity contribution is 0.234. The third-order valence-corrected chi connectivity index (χ3v) is 5.01. The van der Waals surface area contributed by atoms with E-state index in [0.717, 1.165) is 48.6 Å². The Morgan fingerprint density at radius 1 is 1.23 bits per heavy atom. The second-order valence-electron chi connectivity index (χ2n) is 6.45. The van der Waals surface area contributed by atoms with E-state index in [1.165, 1.54) is 0 Å². The summed E-state index contributed by atoms with van der Waals surface area (Å²) in [5.41, 5.74) is 3.62. The van der Waals surface area contributed by atoms with Crippen molar-refractivity contribution in [2.75, 3.05) is 6.54 Å². The van der Waals surface area contributed by atoms with E-state index in [1.54, 1.807) is 12.1 Å². The van der Waals surface area contributed by atoms with Gasteiger partial charge in [0.15, 0.2) is 0 Å². The van der Waals surface area contributed by atoms with Gasteiger partial charge in [-0.15, -0.1) is 0 Å². The fourth-order valence-corrected chi connectivity index (χ4v) is 3.49. The van der Waals surface area contributed by atoms with E-state index in [1.807, 2.05) is 29.1 Å². The van der Waals surface area contributed by atoms with Gasteiger partial charge in [-0.05, 0) is 37.3 Å². The predicted octanol–water partition coefficient (Wildman–Crippen LogP) is 2.87. The second kappa shape index (κ2) is 7.05. The Morgan fingerprint density at radius 3 is 2.81 bits per heavy atom. The van der Waals surface area contributed by atoms with Crippen molar-refractivity contribution >= 4 is 11.6 Å². The molecule has 2 aromatic heterocycles. The normalized spacial score (nSPS) is 14.4. The third kappa shape index (κ3) is 3.30. The molecule has 3 heterocycles. The van der Waals surface area contributed by atoms with Crippen LogP contribution in [0.25, 0.3) is 11.4 Å². The highest BCUT2D eigenvalue weighted by Gasteiger charge is 2.22. The van der Waals surface area contributed by atoms with Crippen molar-refractivity contribution in [2.45, 2.75) is 33.0 Å². The SMILES string of the molecule is CCn1nccc1CN1CCc2nc(-c3ccc(Cl)cc3)[nH]c(=O)c2C1. The molecule has 7 heteroatoms. The molecule has 4 rings (SSSR count). The van der Waals surface area contributed by atoms with Crippen LogP contribution in [0.1, 0.15) is 23.9 Å². The van der Waals surface area contributed by atoms with Gasteiger partial charge >= 0.3 is 0 Å². The molecule has 0 atom stereocenters. The Morgan fingerprint density at radius 2 is 2.04 bits per heavy atom. The number of rotatable bonds is 4. The van der Waals surface area contributed by atoms with Crippen molar-refractivity contribution in [1.82, 2.24) is 24.6 Å². The monoisotopic (exact) mass is 369 g/mol. The van der Waals surface area contributed by atoms with Crippen LogP contribution in [0.2, 0.25) is 5.02 Å². The smallest absolute Gasteiger partial charge is 0.255 e. The number of hydrogen-bond acceptors (Lipinski definition) is 4. The molecule has 1 N–H and O–H groups in total. The number of fused-ring (bicyclic) bond motifs is 1. The number of aromatic nitrogens is 4. The molecule has 0 radical (unpaired) electrons. The van der Waals surface area contributed by atoms with Crippen LogP contribution in [-0.4, -0.2) is 31.2 Å². The second-order valence-corrected chi connectivity index (χ2v) is 6.88. The summed E-state index contributed by atoms with van der Waals surface area (Å²) in [4.78, 5) is 22.5. The third-order valence-electron chi connectivity index (χ3n) is 4.75. The van der Waals surface area contributed by atoms with E-state index < -0.39 is 0 Å². The van der Waals surface area contributed by atoms with E-state index in [-0.39, 0.29) is 5.56 Å². The molecule has 1 aromatic carbocycles. The predicted molar refractivity (Wildman–Crippen MR) is 101 cm³/mol. The maximum Gasteiger partial charge on any atom is 0.255 e. The maximum absolute atomic E-state index is 12.6. The van der Waals surface area contributed by atoms with Crippen molar-refractivity contribution in [2.24, 2.45) is 0 Å². The molecule has 6 nitrogen and oxygen atoms in total. The average Bonchev–Trinajstić information content (AvgIpc) is 3.10. The largest absolute Gasteiger partial charge is 0.306 e. The molecule has 0 saturated carbocycles. The minimum atomic E-state index is -0.0614. The molecule has 0 spiro atoms. The van der Waals surface area contributed by atoms with Gasteiger partial charge in [-0.1, -0.05) is 11.6 Å². The molecular weight excluding hydrogens is 350 g/mol. The lowest BCUT2D eigenvalue weighted by Crippen LogP contribution is -2.36. The number of hydrogen-bond donors (Lipinski definition) is 1. The zero-order valence-corrected chi connectivity index (χ0v) is 15.3. The van der Waals surface area contributed by atoms with E-state index in [2.05, 4.69) is 21.9 Å². The van der Waals surface area contributed by atoms with Gasteiger partial charge in [-0.2, -0.15) is 5.10 Å². The molecule has 1 aliphatic rings. The number of H-pyrrole nitrogens is 1. The first-order chi connectivity index (χ1) is 12.6. The van der Waals surface area contributed by atoms with Gasteiger partial charge in [0.1, 0.15) is 5.82 Å². The van der Waals surface area contributed by atoms with Crippen LogP contribution in [0.4, 0.5) is 0 Å². The lowest BCUT2D eigenvalue weighted by Gasteiger charge is -2.27. The topological polar surface area (TPSA) is 66.8 Å². The summed E-state index contributed by atoms with van der Waals surface area (Å²) in [6.07, 6.45) is 2.59. The highest BCUT2D eigenvalue weighted by molar-refractivity contribution is 6.30. The molecule has 0 fully saturated rings. The summed E-state index contributed by atoms with van der Waals surface area (Å²) < 4.78 is 1.99.